The van der Waals surface area contributed by atoms with E-state index in [4.69, 9.17) is 0 Å². The van der Waals surface area contributed by atoms with Crippen LogP contribution in [0.25, 0.3) is 0 Å². The van der Waals surface area contributed by atoms with Gasteiger partial charge in [0.15, 0.2) is 0 Å². The SMILES string of the molecule is CCCC(=O)Nc1cccc(CC(C)=O)c1. The Balaban J connectivity index is 2.67. The first-order chi connectivity index (χ1) is 7.61. The molecule has 0 bridgehead atoms. The highest BCUT2D eigenvalue weighted by molar-refractivity contribution is 5.90. The summed E-state index contributed by atoms with van der Waals surface area (Å²) in [6.45, 7) is 3.52. The van der Waals surface area contributed by atoms with Crippen LogP contribution in [-0.4, -0.2) is 11.7 Å². The number of carbonyl (C=O) groups excluding carboxylic acids is 2. The van der Waals surface area contributed by atoms with Gasteiger partial charge in [0.25, 0.3) is 0 Å². The fourth-order valence-electron chi connectivity index (χ4n) is 1.50. The summed E-state index contributed by atoms with van der Waals surface area (Å²) in [6.07, 6.45) is 1.77. The molecule has 3 heteroatoms. The van der Waals surface area contributed by atoms with E-state index < -0.39 is 0 Å². The number of hydrogen-bond donors (Lipinski definition) is 1. The van der Waals surface area contributed by atoms with Crippen molar-refractivity contribution in [2.45, 2.75) is 33.1 Å². The van der Waals surface area contributed by atoms with Crippen LogP contribution in [0.5, 0.6) is 0 Å². The van der Waals surface area contributed by atoms with E-state index >= 15 is 0 Å². The van der Waals surface area contributed by atoms with Gasteiger partial charge in [-0.15, -0.1) is 0 Å². The first-order valence-electron chi connectivity index (χ1n) is 5.50. The molecule has 0 unspecified atom stereocenters. The van der Waals surface area contributed by atoms with Gasteiger partial charge in [-0.2, -0.15) is 0 Å². The number of ketones is 1. The Morgan fingerprint density at radius 2 is 2.06 bits per heavy atom. The number of nitrogens with one attached hydrogen (secondary N) is 1. The van der Waals surface area contributed by atoms with E-state index in [9.17, 15) is 9.59 Å². The van der Waals surface area contributed by atoms with Crippen molar-refractivity contribution in [1.29, 1.82) is 0 Å². The molecule has 3 nitrogen and oxygen atoms in total. The molecule has 0 aliphatic heterocycles. The van der Waals surface area contributed by atoms with E-state index in [1.165, 1.54) is 0 Å². The Kier molecular flexibility index (Phi) is 4.70. The molecule has 0 aliphatic rings. The number of benzene rings is 1. The first-order valence-corrected chi connectivity index (χ1v) is 5.50. The fraction of sp³-hybridized carbons (Fsp3) is 0.385. The molecule has 0 fully saturated rings. The summed E-state index contributed by atoms with van der Waals surface area (Å²) in [5.41, 5.74) is 1.69. The van der Waals surface area contributed by atoms with E-state index in [1.54, 1.807) is 6.92 Å². The minimum absolute atomic E-state index is 0.0162. The average Bonchev–Trinajstić information content (AvgIpc) is 2.17. The van der Waals surface area contributed by atoms with Gasteiger partial charge in [0.05, 0.1) is 0 Å². The lowest BCUT2D eigenvalue weighted by atomic mass is 10.1. The third kappa shape index (κ3) is 4.26. The Labute approximate surface area is 95.9 Å². The van der Waals surface area contributed by atoms with Crippen LogP contribution in [0.15, 0.2) is 24.3 Å². The number of Topliss-reactive ketones (excluding diaryl/α,β-unsaturated/α-hetero) is 1. The molecule has 16 heavy (non-hydrogen) atoms. The largest absolute Gasteiger partial charge is 0.326 e. The summed E-state index contributed by atoms with van der Waals surface area (Å²) in [5.74, 6) is 0.138. The Morgan fingerprint density at radius 1 is 1.31 bits per heavy atom. The standard InChI is InChI=1S/C13H17NO2/c1-3-5-13(16)14-12-7-4-6-11(9-12)8-10(2)15/h4,6-7,9H,3,5,8H2,1-2H3,(H,14,16). The average molecular weight is 219 g/mol. The predicted octanol–water partition coefficient (Wildman–Crippen LogP) is 2.56. The zero-order valence-corrected chi connectivity index (χ0v) is 9.75. The molecule has 1 aromatic rings. The van der Waals surface area contributed by atoms with Gasteiger partial charge < -0.3 is 5.32 Å². The van der Waals surface area contributed by atoms with Crippen LogP contribution in [0.4, 0.5) is 5.69 Å². The molecule has 0 spiro atoms. The summed E-state index contributed by atoms with van der Waals surface area (Å²) >= 11 is 0. The summed E-state index contributed by atoms with van der Waals surface area (Å²) in [5, 5.41) is 2.81. The Morgan fingerprint density at radius 3 is 2.69 bits per heavy atom. The second kappa shape index (κ2) is 6.05. The van der Waals surface area contributed by atoms with Crippen molar-refractivity contribution in [1.82, 2.24) is 0 Å². The molecular weight excluding hydrogens is 202 g/mol. The van der Waals surface area contributed by atoms with Crippen molar-refractivity contribution in [2.24, 2.45) is 0 Å². The maximum absolute atomic E-state index is 11.4. The van der Waals surface area contributed by atoms with Gasteiger partial charge in [-0.25, -0.2) is 0 Å². The molecule has 0 saturated heterocycles. The van der Waals surface area contributed by atoms with E-state index in [-0.39, 0.29) is 11.7 Å². The first kappa shape index (κ1) is 12.4. The molecule has 86 valence electrons. The van der Waals surface area contributed by atoms with Gasteiger partial charge in [-0.05, 0) is 31.0 Å². The second-order valence-electron chi connectivity index (χ2n) is 3.88. The third-order valence-electron chi connectivity index (χ3n) is 2.14. The lowest BCUT2D eigenvalue weighted by molar-refractivity contribution is -0.117. The molecule has 0 heterocycles. The minimum Gasteiger partial charge on any atom is -0.326 e. The number of hydrogen-bond acceptors (Lipinski definition) is 2. The van der Waals surface area contributed by atoms with Crippen LogP contribution in [0.1, 0.15) is 32.3 Å². The number of rotatable bonds is 5. The van der Waals surface area contributed by atoms with Crippen molar-refractivity contribution in [3.05, 3.63) is 29.8 Å². The molecule has 0 atom stereocenters. The van der Waals surface area contributed by atoms with E-state index in [1.807, 2.05) is 31.2 Å². The highest BCUT2D eigenvalue weighted by atomic mass is 16.1. The highest BCUT2D eigenvalue weighted by Gasteiger charge is 2.02. The normalized spacial score (nSPS) is 9.88. The fourth-order valence-corrected chi connectivity index (χ4v) is 1.50. The predicted molar refractivity (Wildman–Crippen MR) is 64.4 cm³/mol. The van der Waals surface area contributed by atoms with E-state index in [0.29, 0.717) is 12.8 Å². The molecule has 1 rings (SSSR count). The summed E-state index contributed by atoms with van der Waals surface area (Å²) in [6, 6.07) is 7.41. The van der Waals surface area contributed by atoms with Gasteiger partial charge in [0.1, 0.15) is 5.78 Å². The monoisotopic (exact) mass is 219 g/mol. The van der Waals surface area contributed by atoms with Crippen LogP contribution >= 0.6 is 0 Å². The quantitative estimate of drug-likeness (QED) is 0.827. The topological polar surface area (TPSA) is 46.2 Å². The van der Waals surface area contributed by atoms with Crippen molar-refractivity contribution in [2.75, 3.05) is 5.32 Å². The molecule has 0 radical (unpaired) electrons. The van der Waals surface area contributed by atoms with Crippen molar-refractivity contribution in [3.8, 4) is 0 Å². The number of anilines is 1. The van der Waals surface area contributed by atoms with Gasteiger partial charge in [0.2, 0.25) is 5.91 Å². The maximum atomic E-state index is 11.4. The van der Waals surface area contributed by atoms with E-state index in [2.05, 4.69) is 5.32 Å². The van der Waals surface area contributed by atoms with E-state index in [0.717, 1.165) is 17.7 Å². The van der Waals surface area contributed by atoms with Gasteiger partial charge in [-0.1, -0.05) is 19.1 Å². The van der Waals surface area contributed by atoms with Crippen molar-refractivity contribution in [3.63, 3.8) is 0 Å². The Bertz CT molecular complexity index is 385. The lowest BCUT2D eigenvalue weighted by Gasteiger charge is -2.05. The molecule has 0 saturated carbocycles. The van der Waals surface area contributed by atoms with Crippen LogP contribution in [0, 0.1) is 0 Å². The van der Waals surface area contributed by atoms with Gasteiger partial charge in [0, 0.05) is 18.5 Å². The number of amides is 1. The van der Waals surface area contributed by atoms with Crippen LogP contribution in [-0.2, 0) is 16.0 Å². The molecular formula is C13H17NO2. The minimum atomic E-state index is 0.0162. The van der Waals surface area contributed by atoms with Crippen LogP contribution in [0.2, 0.25) is 0 Å². The summed E-state index contributed by atoms with van der Waals surface area (Å²) < 4.78 is 0. The summed E-state index contributed by atoms with van der Waals surface area (Å²) in [4.78, 5) is 22.3. The van der Waals surface area contributed by atoms with Crippen LogP contribution < -0.4 is 5.32 Å². The van der Waals surface area contributed by atoms with Crippen molar-refractivity contribution >= 4 is 17.4 Å². The molecule has 0 aromatic heterocycles. The third-order valence-corrected chi connectivity index (χ3v) is 2.14. The molecule has 0 aliphatic carbocycles. The maximum Gasteiger partial charge on any atom is 0.224 e. The molecule has 1 amide bonds. The Hall–Kier alpha value is -1.64. The zero-order valence-electron chi connectivity index (χ0n) is 9.75. The zero-order chi connectivity index (χ0) is 12.0. The second-order valence-corrected chi connectivity index (χ2v) is 3.88. The molecule has 1 N–H and O–H groups in total. The number of carbonyl (C=O) groups is 2. The smallest absolute Gasteiger partial charge is 0.224 e. The highest BCUT2D eigenvalue weighted by Crippen LogP contribution is 2.12. The molecule has 1 aromatic carbocycles. The van der Waals surface area contributed by atoms with Gasteiger partial charge in [-0.3, -0.25) is 9.59 Å². The lowest BCUT2D eigenvalue weighted by Crippen LogP contribution is -2.10. The van der Waals surface area contributed by atoms with Gasteiger partial charge >= 0.3 is 0 Å². The van der Waals surface area contributed by atoms with Crippen LogP contribution in [0.3, 0.4) is 0 Å². The van der Waals surface area contributed by atoms with Crippen molar-refractivity contribution < 1.29 is 9.59 Å². The summed E-state index contributed by atoms with van der Waals surface area (Å²) in [7, 11) is 0.